The van der Waals surface area contributed by atoms with E-state index < -0.39 is 16.0 Å². The molecule has 0 radical (unpaired) electrons. The molecule has 0 unspecified atom stereocenters. The van der Waals surface area contributed by atoms with Crippen molar-refractivity contribution in [2.75, 3.05) is 37.8 Å². The molecule has 1 heterocycles. The second-order valence-electron chi connectivity index (χ2n) is 6.93. The molecule has 1 aromatic carbocycles. The predicted molar refractivity (Wildman–Crippen MR) is 97.7 cm³/mol. The summed E-state index contributed by atoms with van der Waals surface area (Å²) < 4.78 is 34.3. The number of carbonyl (C=O) groups is 1. The van der Waals surface area contributed by atoms with Crippen molar-refractivity contribution in [3.05, 3.63) is 23.8 Å². The van der Waals surface area contributed by atoms with Crippen LogP contribution in [0.5, 0.6) is 0 Å². The summed E-state index contributed by atoms with van der Waals surface area (Å²) in [6, 6.07) is 4.38. The molecule has 2 N–H and O–H groups in total. The summed E-state index contributed by atoms with van der Waals surface area (Å²) >= 11 is 0. The minimum absolute atomic E-state index is 0.0841. The minimum Gasteiger partial charge on any atom is -0.462 e. The van der Waals surface area contributed by atoms with Crippen molar-refractivity contribution < 1.29 is 22.7 Å². The van der Waals surface area contributed by atoms with Gasteiger partial charge in [0.1, 0.15) is 0 Å². The van der Waals surface area contributed by atoms with E-state index in [0.29, 0.717) is 44.5 Å². The average molecular weight is 382 g/mol. The second kappa shape index (κ2) is 8.37. The first-order valence-corrected chi connectivity index (χ1v) is 10.7. The first kappa shape index (κ1) is 19.1. The summed E-state index contributed by atoms with van der Waals surface area (Å²) in [5, 5.41) is 5.23. The van der Waals surface area contributed by atoms with E-state index in [1.807, 2.05) is 4.90 Å². The van der Waals surface area contributed by atoms with Crippen molar-refractivity contribution >= 4 is 21.7 Å². The Kier molecular flexibility index (Phi) is 6.16. The zero-order valence-electron chi connectivity index (χ0n) is 14.9. The maximum atomic E-state index is 12.7. The van der Waals surface area contributed by atoms with Gasteiger partial charge in [0, 0.05) is 13.1 Å². The summed E-state index contributed by atoms with van der Waals surface area (Å²) in [5.74, 6) is -0.108. The smallest absolute Gasteiger partial charge is 0.340 e. The van der Waals surface area contributed by atoms with Crippen molar-refractivity contribution in [3.63, 3.8) is 0 Å². The number of rotatable bonds is 5. The Morgan fingerprint density at radius 1 is 1.19 bits per heavy atom. The van der Waals surface area contributed by atoms with Gasteiger partial charge in [0.25, 0.3) is 0 Å². The van der Waals surface area contributed by atoms with E-state index in [1.165, 1.54) is 31.4 Å². The zero-order chi connectivity index (χ0) is 18.6. The van der Waals surface area contributed by atoms with Crippen LogP contribution >= 0.6 is 0 Å². The van der Waals surface area contributed by atoms with Crippen LogP contribution in [0.25, 0.3) is 0 Å². The van der Waals surface area contributed by atoms with Crippen molar-refractivity contribution in [2.45, 2.75) is 37.0 Å². The lowest BCUT2D eigenvalue weighted by Gasteiger charge is -2.30. The molecule has 8 heteroatoms. The normalized spacial score (nSPS) is 19.3. The van der Waals surface area contributed by atoms with Gasteiger partial charge in [0.15, 0.2) is 0 Å². The fourth-order valence-corrected chi connectivity index (χ4v) is 4.10. The summed E-state index contributed by atoms with van der Waals surface area (Å²) in [5.41, 5.74) is 0.906. The van der Waals surface area contributed by atoms with E-state index >= 15 is 0 Å². The molecular weight excluding hydrogens is 356 g/mol. The Hall–Kier alpha value is -1.64. The van der Waals surface area contributed by atoms with Crippen LogP contribution in [0.2, 0.25) is 0 Å². The lowest BCUT2D eigenvalue weighted by atomic mass is 9.90. The molecule has 1 aromatic rings. The van der Waals surface area contributed by atoms with E-state index in [4.69, 9.17) is 14.6 Å². The van der Waals surface area contributed by atoms with Crippen molar-refractivity contribution in [3.8, 4) is 0 Å². The van der Waals surface area contributed by atoms with Gasteiger partial charge < -0.3 is 14.4 Å². The number of sulfonamides is 1. The maximum absolute atomic E-state index is 12.7. The fraction of sp³-hybridized carbons (Fsp3) is 0.611. The van der Waals surface area contributed by atoms with Gasteiger partial charge in [-0.1, -0.05) is 19.3 Å². The topological polar surface area (TPSA) is 98.9 Å². The van der Waals surface area contributed by atoms with Gasteiger partial charge in [-0.3, -0.25) is 0 Å². The maximum Gasteiger partial charge on any atom is 0.340 e. The second-order valence-corrected chi connectivity index (χ2v) is 8.49. The number of hydrogen-bond acceptors (Lipinski definition) is 6. The molecule has 1 saturated carbocycles. The number of carbonyl (C=O) groups excluding carboxylic acids is 1. The van der Waals surface area contributed by atoms with Crippen molar-refractivity contribution in [2.24, 2.45) is 11.1 Å². The number of hydrogen-bond donors (Lipinski definition) is 1. The molecular formula is C18H26N2O5S. The Morgan fingerprint density at radius 3 is 2.54 bits per heavy atom. The van der Waals surface area contributed by atoms with E-state index in [2.05, 4.69) is 0 Å². The van der Waals surface area contributed by atoms with Crippen LogP contribution in [0.15, 0.2) is 23.1 Å². The van der Waals surface area contributed by atoms with Crippen LogP contribution in [0.3, 0.4) is 0 Å². The molecule has 144 valence electrons. The Bertz CT molecular complexity index is 738. The van der Waals surface area contributed by atoms with Gasteiger partial charge in [0.05, 0.1) is 36.0 Å². The van der Waals surface area contributed by atoms with Crippen LogP contribution < -0.4 is 10.0 Å². The molecule has 0 atom stereocenters. The van der Waals surface area contributed by atoms with Crippen molar-refractivity contribution in [1.82, 2.24) is 0 Å². The molecule has 1 aliphatic carbocycles. The SMILES string of the molecule is NS(=O)(=O)c1ccc(N2CCOCC2)c(C(=O)OCC2CCCCC2)c1. The zero-order valence-corrected chi connectivity index (χ0v) is 15.7. The van der Waals surface area contributed by atoms with E-state index in [-0.39, 0.29) is 10.5 Å². The van der Waals surface area contributed by atoms with Crippen LogP contribution in [0, 0.1) is 5.92 Å². The quantitative estimate of drug-likeness (QED) is 0.781. The van der Waals surface area contributed by atoms with E-state index in [0.717, 1.165) is 12.8 Å². The molecule has 0 spiro atoms. The van der Waals surface area contributed by atoms with Crippen LogP contribution in [0.1, 0.15) is 42.5 Å². The summed E-state index contributed by atoms with van der Waals surface area (Å²) in [6.45, 7) is 2.78. The van der Waals surface area contributed by atoms with Gasteiger partial charge >= 0.3 is 5.97 Å². The number of benzene rings is 1. The lowest BCUT2D eigenvalue weighted by molar-refractivity contribution is 0.0410. The molecule has 2 fully saturated rings. The fourth-order valence-electron chi connectivity index (χ4n) is 3.56. The molecule has 1 aliphatic heterocycles. The summed E-state index contributed by atoms with van der Waals surface area (Å²) in [6.07, 6.45) is 5.72. The Labute approximate surface area is 154 Å². The van der Waals surface area contributed by atoms with Gasteiger partial charge in [-0.2, -0.15) is 0 Å². The molecule has 0 amide bonds. The first-order chi connectivity index (χ1) is 12.4. The highest BCUT2D eigenvalue weighted by Crippen LogP contribution is 2.27. The van der Waals surface area contributed by atoms with Gasteiger partial charge in [-0.15, -0.1) is 0 Å². The van der Waals surface area contributed by atoms with Gasteiger partial charge in [0.2, 0.25) is 10.0 Å². The highest BCUT2D eigenvalue weighted by Gasteiger charge is 2.24. The van der Waals surface area contributed by atoms with Crippen molar-refractivity contribution in [1.29, 1.82) is 0 Å². The average Bonchev–Trinajstić information content (AvgIpc) is 2.66. The van der Waals surface area contributed by atoms with Crippen LogP contribution in [0.4, 0.5) is 5.69 Å². The molecule has 2 aliphatic rings. The highest BCUT2D eigenvalue weighted by molar-refractivity contribution is 7.89. The number of nitrogens with two attached hydrogens (primary N) is 1. The number of nitrogens with zero attached hydrogens (tertiary/aromatic N) is 1. The number of morpholine rings is 1. The number of ether oxygens (including phenoxy) is 2. The van der Waals surface area contributed by atoms with E-state index in [9.17, 15) is 13.2 Å². The summed E-state index contributed by atoms with van der Waals surface area (Å²) in [7, 11) is -3.89. The lowest BCUT2D eigenvalue weighted by Crippen LogP contribution is -2.37. The predicted octanol–water partition coefficient (Wildman–Crippen LogP) is 1.91. The molecule has 26 heavy (non-hydrogen) atoms. The molecule has 0 aromatic heterocycles. The van der Waals surface area contributed by atoms with Gasteiger partial charge in [-0.25, -0.2) is 18.4 Å². The number of esters is 1. The summed E-state index contributed by atoms with van der Waals surface area (Å²) in [4.78, 5) is 14.6. The van der Waals surface area contributed by atoms with Crippen LogP contribution in [-0.4, -0.2) is 47.3 Å². The van der Waals surface area contributed by atoms with Gasteiger partial charge in [-0.05, 0) is 37.0 Å². The highest BCUT2D eigenvalue weighted by atomic mass is 32.2. The third-order valence-corrected chi connectivity index (χ3v) is 5.95. The molecule has 0 bridgehead atoms. The number of primary sulfonamides is 1. The monoisotopic (exact) mass is 382 g/mol. The molecule has 7 nitrogen and oxygen atoms in total. The Morgan fingerprint density at radius 2 is 1.88 bits per heavy atom. The van der Waals surface area contributed by atoms with Crippen LogP contribution in [-0.2, 0) is 19.5 Å². The molecule has 3 rings (SSSR count). The minimum atomic E-state index is -3.89. The number of anilines is 1. The largest absolute Gasteiger partial charge is 0.462 e. The standard InChI is InChI=1S/C18H26N2O5S/c19-26(22,23)15-6-7-17(20-8-10-24-11-9-20)16(12-15)18(21)25-13-14-4-2-1-3-5-14/h6-7,12,14H,1-5,8-11,13H2,(H2,19,22,23). The van der Waals surface area contributed by atoms with E-state index in [1.54, 1.807) is 6.07 Å². The third kappa shape index (κ3) is 4.75. The third-order valence-electron chi connectivity index (χ3n) is 5.04. The Balaban J connectivity index is 1.81. The molecule has 1 saturated heterocycles. The first-order valence-electron chi connectivity index (χ1n) is 9.12.